The number of fused-ring (bicyclic) bond motifs is 1. The van der Waals surface area contributed by atoms with Gasteiger partial charge in [0.2, 0.25) is 0 Å². The topological polar surface area (TPSA) is 102 Å². The van der Waals surface area contributed by atoms with Gasteiger partial charge in [-0.2, -0.15) is 0 Å². The van der Waals surface area contributed by atoms with E-state index in [9.17, 15) is 14.7 Å². The van der Waals surface area contributed by atoms with Crippen LogP contribution in [0.4, 0.5) is 0 Å². The number of hydrogen-bond acceptors (Lipinski definition) is 6. The number of aliphatic carboxylic acids is 1. The fraction of sp³-hybridized carbons (Fsp3) is 0.167. The van der Waals surface area contributed by atoms with E-state index in [1.807, 2.05) is 6.07 Å². The van der Waals surface area contributed by atoms with Gasteiger partial charge in [0.05, 0.1) is 25.1 Å². The molecule has 0 amide bonds. The van der Waals surface area contributed by atoms with Gasteiger partial charge >= 0.3 is 5.97 Å². The summed E-state index contributed by atoms with van der Waals surface area (Å²) in [5.74, 6) is -0.163. The molecule has 1 heterocycles. The molecule has 7 nitrogen and oxygen atoms in total. The van der Waals surface area contributed by atoms with E-state index in [-0.39, 0.29) is 10.7 Å². The van der Waals surface area contributed by atoms with Gasteiger partial charge in [-0.1, -0.05) is 42.1 Å². The van der Waals surface area contributed by atoms with Crippen LogP contribution < -0.4 is 15.0 Å². The molecular weight excluding hydrogens is 356 g/mol. The number of carbonyl (C=O) groups is 1. The van der Waals surface area contributed by atoms with Crippen LogP contribution in [0.1, 0.15) is 10.8 Å². The Hall–Kier alpha value is -3.00. The molecule has 8 heteroatoms. The summed E-state index contributed by atoms with van der Waals surface area (Å²) in [4.78, 5) is 31.1. The normalized spacial score (nSPS) is 11.9. The third kappa shape index (κ3) is 3.50. The summed E-state index contributed by atoms with van der Waals surface area (Å²) in [7, 11) is 2.97. The first-order chi connectivity index (χ1) is 12.5. The van der Waals surface area contributed by atoms with E-state index in [2.05, 4.69) is 9.97 Å². The lowest BCUT2D eigenvalue weighted by Crippen LogP contribution is -2.13. The van der Waals surface area contributed by atoms with Gasteiger partial charge in [0, 0.05) is 6.07 Å². The van der Waals surface area contributed by atoms with Crippen molar-refractivity contribution >= 4 is 28.6 Å². The zero-order valence-corrected chi connectivity index (χ0v) is 14.9. The zero-order valence-electron chi connectivity index (χ0n) is 14.1. The molecule has 0 saturated heterocycles. The molecule has 0 aliphatic carbocycles. The number of nitrogens with zero attached hydrogens (tertiary/aromatic N) is 1. The Kier molecular flexibility index (Phi) is 5.13. The molecular formula is C18H16N2O5S. The number of nitrogens with one attached hydrogen (secondary N) is 1. The number of rotatable bonds is 6. The molecule has 2 N–H and O–H groups in total. The quantitative estimate of drug-likeness (QED) is 0.507. The Morgan fingerprint density at radius 1 is 1.15 bits per heavy atom. The van der Waals surface area contributed by atoms with Crippen molar-refractivity contribution in [3.05, 3.63) is 58.4 Å². The molecule has 26 heavy (non-hydrogen) atoms. The molecule has 0 saturated carbocycles. The zero-order chi connectivity index (χ0) is 18.7. The summed E-state index contributed by atoms with van der Waals surface area (Å²) in [6.45, 7) is 0. The fourth-order valence-corrected chi connectivity index (χ4v) is 3.42. The number of carboxylic acids is 1. The molecule has 0 spiro atoms. The highest BCUT2D eigenvalue weighted by Crippen LogP contribution is 2.35. The van der Waals surface area contributed by atoms with E-state index < -0.39 is 11.2 Å². The highest BCUT2D eigenvalue weighted by molar-refractivity contribution is 8.00. The van der Waals surface area contributed by atoms with E-state index in [1.165, 1.54) is 14.2 Å². The van der Waals surface area contributed by atoms with Crippen LogP contribution in [0.2, 0.25) is 0 Å². The van der Waals surface area contributed by atoms with Gasteiger partial charge in [0.1, 0.15) is 5.25 Å². The Morgan fingerprint density at radius 3 is 2.42 bits per heavy atom. The molecule has 3 aromatic rings. The molecule has 1 atom stereocenters. The fourth-order valence-electron chi connectivity index (χ4n) is 2.50. The summed E-state index contributed by atoms with van der Waals surface area (Å²) < 4.78 is 10.4. The van der Waals surface area contributed by atoms with Crippen LogP contribution >= 0.6 is 11.8 Å². The van der Waals surface area contributed by atoms with Crippen molar-refractivity contribution in [2.45, 2.75) is 10.4 Å². The summed E-state index contributed by atoms with van der Waals surface area (Å²) in [5.41, 5.74) is 0.627. The number of aromatic nitrogens is 2. The third-order valence-electron chi connectivity index (χ3n) is 3.75. The first-order valence-electron chi connectivity index (χ1n) is 7.64. The molecule has 1 unspecified atom stereocenters. The van der Waals surface area contributed by atoms with Gasteiger partial charge in [0.25, 0.3) is 5.56 Å². The minimum Gasteiger partial charge on any atom is -0.493 e. The SMILES string of the molecule is COc1cc2nc(SC(C(=O)O)c3ccccc3)[nH]c(=O)c2cc1OC. The van der Waals surface area contributed by atoms with Crippen molar-refractivity contribution < 1.29 is 19.4 Å². The molecule has 0 fully saturated rings. The number of methoxy groups -OCH3 is 2. The minimum absolute atomic E-state index is 0.214. The molecule has 0 aliphatic heterocycles. The standard InChI is InChI=1S/C18H16N2O5S/c1-24-13-8-11-12(9-14(13)25-2)19-18(20-16(11)21)26-15(17(22)23)10-6-4-3-5-7-10/h3-9,15H,1-2H3,(H,22,23)(H,19,20,21). The van der Waals surface area contributed by atoms with Crippen LogP contribution in [-0.2, 0) is 4.79 Å². The molecule has 134 valence electrons. The maximum absolute atomic E-state index is 12.4. The number of H-pyrrole nitrogens is 1. The number of aromatic amines is 1. The second kappa shape index (κ2) is 7.49. The van der Waals surface area contributed by atoms with Crippen LogP contribution in [0, 0.1) is 0 Å². The number of thioether (sulfide) groups is 1. The molecule has 0 aliphatic rings. The van der Waals surface area contributed by atoms with Gasteiger partial charge in [-0.25, -0.2) is 4.98 Å². The smallest absolute Gasteiger partial charge is 0.321 e. The predicted molar refractivity (Wildman–Crippen MR) is 98.1 cm³/mol. The van der Waals surface area contributed by atoms with Gasteiger partial charge < -0.3 is 19.6 Å². The minimum atomic E-state index is -1.02. The largest absolute Gasteiger partial charge is 0.493 e. The van der Waals surface area contributed by atoms with E-state index in [1.54, 1.807) is 36.4 Å². The Balaban J connectivity index is 2.05. The lowest BCUT2D eigenvalue weighted by atomic mass is 10.1. The lowest BCUT2D eigenvalue weighted by molar-refractivity contribution is -0.136. The molecule has 3 rings (SSSR count). The van der Waals surface area contributed by atoms with Crippen molar-refractivity contribution in [3.63, 3.8) is 0 Å². The molecule has 1 aromatic heterocycles. The van der Waals surface area contributed by atoms with E-state index in [0.717, 1.165) is 11.8 Å². The average Bonchev–Trinajstić information content (AvgIpc) is 2.65. The summed E-state index contributed by atoms with van der Waals surface area (Å²) >= 11 is 0.964. The second-order valence-electron chi connectivity index (χ2n) is 5.34. The van der Waals surface area contributed by atoms with Crippen LogP contribution in [0.3, 0.4) is 0 Å². The maximum atomic E-state index is 12.4. The van der Waals surface area contributed by atoms with Crippen LogP contribution in [0.25, 0.3) is 10.9 Å². The summed E-state index contributed by atoms with van der Waals surface area (Å²) in [5, 5.41) is 9.20. The number of ether oxygens (including phenoxy) is 2. The van der Waals surface area contributed by atoms with Gasteiger partial charge in [-0.05, 0) is 11.6 Å². The molecule has 0 radical (unpaired) electrons. The van der Waals surface area contributed by atoms with Crippen molar-refractivity contribution in [1.29, 1.82) is 0 Å². The summed E-state index contributed by atoms with van der Waals surface area (Å²) in [6, 6.07) is 11.9. The van der Waals surface area contributed by atoms with E-state index in [4.69, 9.17) is 9.47 Å². The Bertz CT molecular complexity index is 1000. The highest BCUT2D eigenvalue weighted by atomic mass is 32.2. The third-order valence-corrected chi connectivity index (χ3v) is 4.87. The van der Waals surface area contributed by atoms with Crippen LogP contribution in [0.5, 0.6) is 11.5 Å². The molecule has 0 bridgehead atoms. The van der Waals surface area contributed by atoms with Crippen molar-refractivity contribution in [3.8, 4) is 11.5 Å². The monoisotopic (exact) mass is 372 g/mol. The van der Waals surface area contributed by atoms with Crippen LogP contribution in [-0.4, -0.2) is 35.3 Å². The Morgan fingerprint density at radius 2 is 1.81 bits per heavy atom. The number of benzene rings is 2. The lowest BCUT2D eigenvalue weighted by Gasteiger charge is -2.13. The number of hydrogen-bond donors (Lipinski definition) is 2. The van der Waals surface area contributed by atoms with Crippen molar-refractivity contribution in [2.75, 3.05) is 14.2 Å². The number of carboxylic acid groups (broad SMARTS) is 1. The Labute approximate surface area is 153 Å². The maximum Gasteiger partial charge on any atom is 0.321 e. The van der Waals surface area contributed by atoms with Crippen LogP contribution in [0.15, 0.2) is 52.4 Å². The first kappa shape index (κ1) is 17.8. The molecule has 2 aromatic carbocycles. The van der Waals surface area contributed by atoms with Gasteiger partial charge in [-0.3, -0.25) is 9.59 Å². The highest BCUT2D eigenvalue weighted by Gasteiger charge is 2.23. The van der Waals surface area contributed by atoms with Gasteiger partial charge in [0.15, 0.2) is 16.7 Å². The summed E-state index contributed by atoms with van der Waals surface area (Å²) in [6.07, 6.45) is 0. The predicted octanol–water partition coefficient (Wildman–Crippen LogP) is 2.86. The van der Waals surface area contributed by atoms with E-state index >= 15 is 0 Å². The van der Waals surface area contributed by atoms with Gasteiger partial charge in [-0.15, -0.1) is 0 Å². The first-order valence-corrected chi connectivity index (χ1v) is 8.52. The average molecular weight is 372 g/mol. The van der Waals surface area contributed by atoms with E-state index in [0.29, 0.717) is 28.0 Å². The van der Waals surface area contributed by atoms with Crippen molar-refractivity contribution in [2.24, 2.45) is 0 Å². The second-order valence-corrected chi connectivity index (χ2v) is 6.44. The van der Waals surface area contributed by atoms with Crippen molar-refractivity contribution in [1.82, 2.24) is 9.97 Å².